The van der Waals surface area contributed by atoms with Gasteiger partial charge in [-0.1, -0.05) is 13.8 Å². The molecule has 0 radical (unpaired) electrons. The Morgan fingerprint density at radius 2 is 1.75 bits per heavy atom. The van der Waals surface area contributed by atoms with Crippen LogP contribution in [0.15, 0.2) is 0 Å². The predicted octanol–water partition coefficient (Wildman–Crippen LogP) is 3.18. The molecule has 2 saturated heterocycles. The van der Waals surface area contributed by atoms with Gasteiger partial charge in [-0.2, -0.15) is 0 Å². The van der Waals surface area contributed by atoms with E-state index in [4.69, 9.17) is 11.6 Å². The van der Waals surface area contributed by atoms with Gasteiger partial charge >= 0.3 is 0 Å². The summed E-state index contributed by atoms with van der Waals surface area (Å²) in [7, 11) is 0. The van der Waals surface area contributed by atoms with Gasteiger partial charge in [0.05, 0.1) is 0 Å². The third-order valence-corrected chi connectivity index (χ3v) is 4.62. The van der Waals surface area contributed by atoms with Crippen LogP contribution in [0.4, 0.5) is 0 Å². The van der Waals surface area contributed by atoms with Crippen LogP contribution < -0.4 is 0 Å². The second-order valence-electron chi connectivity index (χ2n) is 5.21. The number of piperidine rings is 1. The van der Waals surface area contributed by atoms with Crippen LogP contribution >= 0.6 is 11.6 Å². The van der Waals surface area contributed by atoms with E-state index in [1.54, 1.807) is 0 Å². The van der Waals surface area contributed by atoms with E-state index in [2.05, 4.69) is 18.7 Å². The van der Waals surface area contributed by atoms with Crippen LogP contribution in [0.2, 0.25) is 0 Å². The first-order valence-corrected chi connectivity index (χ1v) is 7.07. The van der Waals surface area contributed by atoms with Crippen molar-refractivity contribution in [2.45, 2.75) is 69.8 Å². The highest BCUT2D eigenvalue weighted by Gasteiger charge is 2.43. The SMILES string of the molecule is CCC(CC)C(=O)N1C2CCC1CC(Cl)C2. The van der Waals surface area contributed by atoms with Gasteiger partial charge in [-0.05, 0) is 38.5 Å². The first-order valence-electron chi connectivity index (χ1n) is 6.63. The van der Waals surface area contributed by atoms with Crippen LogP contribution in [0, 0.1) is 5.92 Å². The third kappa shape index (κ3) is 2.09. The molecular formula is C13H22ClNO. The lowest BCUT2D eigenvalue weighted by molar-refractivity contribution is -0.140. The first-order chi connectivity index (χ1) is 7.67. The number of carbonyl (C=O) groups excluding carboxylic acids is 1. The molecule has 92 valence electrons. The Balaban J connectivity index is 2.07. The van der Waals surface area contributed by atoms with Crippen molar-refractivity contribution in [1.82, 2.24) is 4.90 Å². The van der Waals surface area contributed by atoms with E-state index in [9.17, 15) is 4.79 Å². The van der Waals surface area contributed by atoms with Crippen LogP contribution in [0.1, 0.15) is 52.4 Å². The van der Waals surface area contributed by atoms with Gasteiger partial charge in [-0.3, -0.25) is 4.79 Å². The molecule has 2 fully saturated rings. The summed E-state index contributed by atoms with van der Waals surface area (Å²) >= 11 is 6.23. The molecule has 2 atom stereocenters. The minimum absolute atomic E-state index is 0.231. The van der Waals surface area contributed by atoms with Crippen LogP contribution in [0.25, 0.3) is 0 Å². The number of nitrogens with zero attached hydrogens (tertiary/aromatic N) is 1. The number of rotatable bonds is 3. The summed E-state index contributed by atoms with van der Waals surface area (Å²) in [6.45, 7) is 4.23. The number of carbonyl (C=O) groups is 1. The second-order valence-corrected chi connectivity index (χ2v) is 5.83. The zero-order chi connectivity index (χ0) is 11.7. The normalized spacial score (nSPS) is 33.5. The fraction of sp³-hybridized carbons (Fsp3) is 0.923. The minimum Gasteiger partial charge on any atom is -0.336 e. The summed E-state index contributed by atoms with van der Waals surface area (Å²) in [4.78, 5) is 14.6. The average Bonchev–Trinajstić information content (AvgIpc) is 2.53. The molecular weight excluding hydrogens is 222 g/mol. The van der Waals surface area contributed by atoms with E-state index >= 15 is 0 Å². The Kier molecular flexibility index (Phi) is 3.78. The van der Waals surface area contributed by atoms with E-state index in [0.29, 0.717) is 23.4 Å². The topological polar surface area (TPSA) is 20.3 Å². The van der Waals surface area contributed by atoms with Crippen molar-refractivity contribution in [3.05, 3.63) is 0 Å². The van der Waals surface area contributed by atoms with Gasteiger partial charge in [0.25, 0.3) is 0 Å². The first kappa shape index (κ1) is 12.2. The molecule has 0 aliphatic carbocycles. The lowest BCUT2D eigenvalue weighted by atomic mass is 9.96. The van der Waals surface area contributed by atoms with Crippen LogP contribution in [-0.2, 0) is 4.79 Å². The summed E-state index contributed by atoms with van der Waals surface area (Å²) in [5, 5.41) is 0.295. The Labute approximate surface area is 103 Å². The van der Waals surface area contributed by atoms with Gasteiger partial charge in [0.15, 0.2) is 0 Å². The fourth-order valence-electron chi connectivity index (χ4n) is 3.32. The Morgan fingerprint density at radius 3 is 2.19 bits per heavy atom. The van der Waals surface area contributed by atoms with Crippen molar-refractivity contribution < 1.29 is 4.79 Å². The maximum Gasteiger partial charge on any atom is 0.226 e. The van der Waals surface area contributed by atoms with Crippen molar-refractivity contribution in [3.8, 4) is 0 Å². The lowest BCUT2D eigenvalue weighted by Crippen LogP contribution is -2.49. The molecule has 2 rings (SSSR count). The highest BCUT2D eigenvalue weighted by Crippen LogP contribution is 2.39. The standard InChI is InChI=1S/C13H22ClNO/c1-3-9(4-2)13(16)15-11-5-6-12(15)8-10(14)7-11/h9-12H,3-8H2,1-2H3. The molecule has 2 heterocycles. The van der Waals surface area contributed by atoms with E-state index in [-0.39, 0.29) is 5.92 Å². The molecule has 0 N–H and O–H groups in total. The number of hydrogen-bond acceptors (Lipinski definition) is 1. The Bertz CT molecular complexity index is 251. The van der Waals surface area contributed by atoms with Gasteiger partial charge in [0, 0.05) is 23.4 Å². The van der Waals surface area contributed by atoms with Gasteiger partial charge in [0.1, 0.15) is 0 Å². The van der Waals surface area contributed by atoms with Crippen molar-refractivity contribution in [2.24, 2.45) is 5.92 Å². The second kappa shape index (κ2) is 4.95. The van der Waals surface area contributed by atoms with Crippen molar-refractivity contribution in [3.63, 3.8) is 0 Å². The number of halogens is 1. The molecule has 2 unspecified atom stereocenters. The largest absolute Gasteiger partial charge is 0.336 e. The molecule has 2 aliphatic rings. The highest BCUT2D eigenvalue weighted by molar-refractivity contribution is 6.20. The maximum atomic E-state index is 12.4. The van der Waals surface area contributed by atoms with Gasteiger partial charge in [-0.15, -0.1) is 11.6 Å². The molecule has 2 nitrogen and oxygen atoms in total. The molecule has 1 amide bonds. The summed E-state index contributed by atoms with van der Waals surface area (Å²) in [6, 6.07) is 0.878. The molecule has 0 saturated carbocycles. The number of fused-ring (bicyclic) bond motifs is 2. The molecule has 3 heteroatoms. The van der Waals surface area contributed by atoms with Crippen molar-refractivity contribution >= 4 is 17.5 Å². The molecule has 0 aromatic heterocycles. The van der Waals surface area contributed by atoms with Crippen LogP contribution in [0.5, 0.6) is 0 Å². The lowest BCUT2D eigenvalue weighted by Gasteiger charge is -2.38. The number of alkyl halides is 1. The number of amides is 1. The minimum atomic E-state index is 0.231. The summed E-state index contributed by atoms with van der Waals surface area (Å²) < 4.78 is 0. The van der Waals surface area contributed by atoms with Gasteiger partial charge in [0.2, 0.25) is 5.91 Å². The molecule has 16 heavy (non-hydrogen) atoms. The number of hydrogen-bond donors (Lipinski definition) is 0. The maximum absolute atomic E-state index is 12.4. The monoisotopic (exact) mass is 243 g/mol. The zero-order valence-corrected chi connectivity index (χ0v) is 11.0. The summed E-state index contributed by atoms with van der Waals surface area (Å²) in [5.41, 5.74) is 0. The van der Waals surface area contributed by atoms with E-state index in [0.717, 1.165) is 25.7 Å². The average molecular weight is 244 g/mol. The molecule has 0 aromatic rings. The molecule has 0 spiro atoms. The predicted molar refractivity (Wildman–Crippen MR) is 66.6 cm³/mol. The van der Waals surface area contributed by atoms with Crippen molar-refractivity contribution in [2.75, 3.05) is 0 Å². The molecule has 2 bridgehead atoms. The summed E-state index contributed by atoms with van der Waals surface area (Å²) in [5.74, 6) is 0.621. The van der Waals surface area contributed by atoms with Crippen LogP contribution in [0.3, 0.4) is 0 Å². The quantitative estimate of drug-likeness (QED) is 0.698. The Morgan fingerprint density at radius 1 is 1.25 bits per heavy atom. The van der Waals surface area contributed by atoms with E-state index in [1.807, 2.05) is 0 Å². The molecule has 2 aliphatic heterocycles. The van der Waals surface area contributed by atoms with Gasteiger partial charge < -0.3 is 4.90 Å². The Hall–Kier alpha value is -0.240. The van der Waals surface area contributed by atoms with E-state index < -0.39 is 0 Å². The van der Waals surface area contributed by atoms with Crippen molar-refractivity contribution in [1.29, 1.82) is 0 Å². The highest BCUT2D eigenvalue weighted by atomic mass is 35.5. The van der Waals surface area contributed by atoms with Crippen LogP contribution in [-0.4, -0.2) is 28.3 Å². The van der Waals surface area contributed by atoms with Gasteiger partial charge in [-0.25, -0.2) is 0 Å². The summed E-state index contributed by atoms with van der Waals surface area (Å²) in [6.07, 6.45) is 6.28. The zero-order valence-electron chi connectivity index (χ0n) is 10.3. The fourth-order valence-corrected chi connectivity index (χ4v) is 3.73. The third-order valence-electron chi connectivity index (χ3n) is 4.26. The molecule has 0 aromatic carbocycles. The smallest absolute Gasteiger partial charge is 0.226 e. The van der Waals surface area contributed by atoms with E-state index in [1.165, 1.54) is 12.8 Å².